The van der Waals surface area contributed by atoms with Gasteiger partial charge in [-0.15, -0.1) is 0 Å². The first-order valence-corrected chi connectivity index (χ1v) is 7.11. The zero-order valence-corrected chi connectivity index (χ0v) is 13.2. The monoisotopic (exact) mass is 310 g/mol. The fraction of sp³-hybridized carbons (Fsp3) is 0.538. The van der Waals surface area contributed by atoms with Crippen molar-refractivity contribution in [3.63, 3.8) is 0 Å². The van der Waals surface area contributed by atoms with Gasteiger partial charge in [0.1, 0.15) is 6.33 Å². The Balaban J connectivity index is 2.30. The van der Waals surface area contributed by atoms with E-state index in [-0.39, 0.29) is 5.28 Å². The number of rotatable bonds is 7. The Bertz CT molecular complexity index is 560. The third-order valence-corrected chi connectivity index (χ3v) is 2.92. The molecule has 2 heterocycles. The molecular weight excluding hydrogens is 292 g/mol. The minimum absolute atomic E-state index is 0.162. The number of nitrogens with zero attached hydrogens (tertiary/aromatic N) is 6. The number of anilines is 1. The van der Waals surface area contributed by atoms with Crippen molar-refractivity contribution < 1.29 is 4.74 Å². The molecule has 0 unspecified atom stereocenters. The Hall–Kier alpha value is -1.73. The predicted octanol–water partition coefficient (Wildman–Crippen LogP) is 1.82. The second-order valence-corrected chi connectivity index (χ2v) is 5.35. The number of hydrogen-bond donors (Lipinski definition) is 0. The van der Waals surface area contributed by atoms with Gasteiger partial charge in [0.2, 0.25) is 17.2 Å². The van der Waals surface area contributed by atoms with Crippen LogP contribution in [0.3, 0.4) is 0 Å². The quantitative estimate of drug-likeness (QED) is 0.777. The smallest absolute Gasteiger partial charge is 0.241 e. The van der Waals surface area contributed by atoms with Crippen molar-refractivity contribution >= 4 is 17.5 Å². The summed E-state index contributed by atoms with van der Waals surface area (Å²) in [5.74, 6) is 1.47. The molecule has 0 atom stereocenters. The van der Waals surface area contributed by atoms with Crippen molar-refractivity contribution in [1.29, 1.82) is 0 Å². The van der Waals surface area contributed by atoms with E-state index in [1.807, 2.05) is 4.90 Å². The molecule has 0 amide bonds. The summed E-state index contributed by atoms with van der Waals surface area (Å²) in [5, 5.41) is 0.162. The standard InChI is InChI=1S/C13H19ClN6O/c1-10(2)8-19(6-7-21-3)12-16-11(14)17-13(18-12)20-5-4-15-9-20/h4-5,9-10H,6-8H2,1-3H3. The van der Waals surface area contributed by atoms with E-state index >= 15 is 0 Å². The Morgan fingerprint density at radius 3 is 2.76 bits per heavy atom. The van der Waals surface area contributed by atoms with E-state index in [0.717, 1.165) is 6.54 Å². The minimum atomic E-state index is 0.162. The molecule has 0 spiro atoms. The number of ether oxygens (including phenoxy) is 1. The SMILES string of the molecule is COCCN(CC(C)C)c1nc(Cl)nc(-n2ccnc2)n1. The van der Waals surface area contributed by atoms with E-state index in [9.17, 15) is 0 Å². The van der Waals surface area contributed by atoms with Crippen LogP contribution < -0.4 is 4.90 Å². The lowest BCUT2D eigenvalue weighted by molar-refractivity contribution is 0.204. The molecule has 0 aromatic carbocycles. The van der Waals surface area contributed by atoms with Gasteiger partial charge in [-0.2, -0.15) is 15.0 Å². The van der Waals surface area contributed by atoms with E-state index in [1.54, 1.807) is 30.4 Å². The van der Waals surface area contributed by atoms with Crippen LogP contribution in [0.15, 0.2) is 18.7 Å². The Labute approximate surface area is 129 Å². The zero-order chi connectivity index (χ0) is 15.2. The number of aromatic nitrogens is 5. The van der Waals surface area contributed by atoms with Crippen LogP contribution in [-0.4, -0.2) is 51.3 Å². The highest BCUT2D eigenvalue weighted by molar-refractivity contribution is 6.28. The van der Waals surface area contributed by atoms with E-state index < -0.39 is 0 Å². The van der Waals surface area contributed by atoms with Crippen molar-refractivity contribution in [2.75, 3.05) is 31.7 Å². The van der Waals surface area contributed by atoms with Gasteiger partial charge in [-0.3, -0.25) is 4.57 Å². The van der Waals surface area contributed by atoms with E-state index in [1.165, 1.54) is 0 Å². The molecule has 114 valence electrons. The van der Waals surface area contributed by atoms with Gasteiger partial charge in [-0.1, -0.05) is 13.8 Å². The summed E-state index contributed by atoms with van der Waals surface area (Å²) >= 11 is 6.03. The molecule has 0 bridgehead atoms. The van der Waals surface area contributed by atoms with Gasteiger partial charge < -0.3 is 9.64 Å². The average Bonchev–Trinajstić information content (AvgIpc) is 2.96. The topological polar surface area (TPSA) is 69.0 Å². The summed E-state index contributed by atoms with van der Waals surface area (Å²) in [6, 6.07) is 0. The molecule has 2 rings (SSSR count). The molecule has 0 saturated heterocycles. The first-order chi connectivity index (χ1) is 10.1. The second-order valence-electron chi connectivity index (χ2n) is 5.01. The first kappa shape index (κ1) is 15.7. The van der Waals surface area contributed by atoms with Gasteiger partial charge in [-0.25, -0.2) is 4.98 Å². The lowest BCUT2D eigenvalue weighted by Crippen LogP contribution is -2.33. The molecule has 8 heteroatoms. The number of halogens is 1. The highest BCUT2D eigenvalue weighted by atomic mass is 35.5. The van der Waals surface area contributed by atoms with Gasteiger partial charge in [0, 0.05) is 32.6 Å². The van der Waals surface area contributed by atoms with Gasteiger partial charge in [0.25, 0.3) is 0 Å². The van der Waals surface area contributed by atoms with Crippen LogP contribution in [0.25, 0.3) is 5.95 Å². The third-order valence-electron chi connectivity index (χ3n) is 2.75. The normalized spacial score (nSPS) is 11.1. The molecule has 0 fully saturated rings. The van der Waals surface area contributed by atoms with Crippen LogP contribution in [0.2, 0.25) is 5.28 Å². The maximum absolute atomic E-state index is 6.03. The van der Waals surface area contributed by atoms with Crippen molar-refractivity contribution in [3.8, 4) is 5.95 Å². The van der Waals surface area contributed by atoms with Crippen molar-refractivity contribution in [3.05, 3.63) is 24.0 Å². The molecule has 0 N–H and O–H groups in total. The maximum Gasteiger partial charge on any atom is 0.241 e. The zero-order valence-electron chi connectivity index (χ0n) is 12.4. The fourth-order valence-electron chi connectivity index (χ4n) is 1.88. The van der Waals surface area contributed by atoms with Gasteiger partial charge in [0.15, 0.2) is 0 Å². The Morgan fingerprint density at radius 2 is 2.14 bits per heavy atom. The van der Waals surface area contributed by atoms with Gasteiger partial charge in [0.05, 0.1) is 6.61 Å². The van der Waals surface area contributed by atoms with Crippen LogP contribution in [0.5, 0.6) is 0 Å². The summed E-state index contributed by atoms with van der Waals surface area (Å²) in [6.07, 6.45) is 5.04. The van der Waals surface area contributed by atoms with Crippen molar-refractivity contribution in [2.24, 2.45) is 5.92 Å². The van der Waals surface area contributed by atoms with Crippen molar-refractivity contribution in [1.82, 2.24) is 24.5 Å². The molecule has 2 aromatic heterocycles. The third kappa shape index (κ3) is 4.37. The summed E-state index contributed by atoms with van der Waals surface area (Å²) in [6.45, 7) is 6.38. The molecule has 7 nitrogen and oxygen atoms in total. The second kappa shape index (κ2) is 7.33. The summed E-state index contributed by atoms with van der Waals surface area (Å²) in [4.78, 5) is 18.9. The molecule has 0 aliphatic carbocycles. The van der Waals surface area contributed by atoms with Crippen LogP contribution >= 0.6 is 11.6 Å². The molecule has 0 aliphatic heterocycles. The largest absolute Gasteiger partial charge is 0.383 e. The minimum Gasteiger partial charge on any atom is -0.383 e. The number of hydrogen-bond acceptors (Lipinski definition) is 6. The number of methoxy groups -OCH3 is 1. The van der Waals surface area contributed by atoms with Crippen LogP contribution in [0.4, 0.5) is 5.95 Å². The summed E-state index contributed by atoms with van der Waals surface area (Å²) in [7, 11) is 1.67. The molecular formula is C13H19ClN6O. The van der Waals surface area contributed by atoms with Gasteiger partial charge >= 0.3 is 0 Å². The molecule has 2 aromatic rings. The lowest BCUT2D eigenvalue weighted by atomic mass is 10.2. The number of imidazole rings is 1. The van der Waals surface area contributed by atoms with Gasteiger partial charge in [-0.05, 0) is 17.5 Å². The molecule has 21 heavy (non-hydrogen) atoms. The maximum atomic E-state index is 6.03. The van der Waals surface area contributed by atoms with Crippen molar-refractivity contribution in [2.45, 2.75) is 13.8 Å². The van der Waals surface area contributed by atoms with Crippen LogP contribution in [0.1, 0.15) is 13.8 Å². The lowest BCUT2D eigenvalue weighted by Gasteiger charge is -2.24. The molecule has 0 radical (unpaired) electrons. The van der Waals surface area contributed by atoms with E-state index in [0.29, 0.717) is 31.0 Å². The summed E-state index contributed by atoms with van der Waals surface area (Å²) in [5.41, 5.74) is 0. The fourth-order valence-corrected chi connectivity index (χ4v) is 2.03. The molecule has 0 saturated carbocycles. The molecule has 0 aliphatic rings. The average molecular weight is 311 g/mol. The highest BCUT2D eigenvalue weighted by Gasteiger charge is 2.15. The van der Waals surface area contributed by atoms with E-state index in [4.69, 9.17) is 16.3 Å². The Morgan fingerprint density at radius 1 is 1.33 bits per heavy atom. The van der Waals surface area contributed by atoms with Crippen LogP contribution in [-0.2, 0) is 4.74 Å². The summed E-state index contributed by atoms with van der Waals surface area (Å²) < 4.78 is 6.84. The van der Waals surface area contributed by atoms with E-state index in [2.05, 4.69) is 33.8 Å². The predicted molar refractivity (Wildman–Crippen MR) is 80.9 cm³/mol. The highest BCUT2D eigenvalue weighted by Crippen LogP contribution is 2.15. The first-order valence-electron chi connectivity index (χ1n) is 6.74. The van der Waals surface area contributed by atoms with Crippen LogP contribution in [0, 0.1) is 5.92 Å². The Kier molecular flexibility index (Phi) is 5.46.